The van der Waals surface area contributed by atoms with E-state index in [9.17, 15) is 13.2 Å². The maximum Gasteiger partial charge on any atom is 0.261 e. The van der Waals surface area contributed by atoms with Gasteiger partial charge < -0.3 is 5.32 Å². The van der Waals surface area contributed by atoms with Crippen LogP contribution in [0.1, 0.15) is 29.1 Å². The minimum Gasteiger partial charge on any atom is -0.350 e. The molecule has 0 aliphatic rings. The number of halogens is 1. The summed E-state index contributed by atoms with van der Waals surface area (Å²) < 4.78 is 23.0. The van der Waals surface area contributed by atoms with Crippen LogP contribution in [-0.2, 0) is 9.84 Å². The van der Waals surface area contributed by atoms with Crippen LogP contribution in [0.15, 0.2) is 9.85 Å². The van der Waals surface area contributed by atoms with Gasteiger partial charge in [-0.2, -0.15) is 0 Å². The molecule has 0 aromatic carbocycles. The maximum atomic E-state index is 11.9. The molecule has 0 spiro atoms. The third kappa shape index (κ3) is 3.55. The van der Waals surface area contributed by atoms with Gasteiger partial charge in [0.05, 0.1) is 13.4 Å². The fraction of sp³-hybridized carbons (Fsp3) is 0.545. The van der Waals surface area contributed by atoms with Crippen molar-refractivity contribution in [1.82, 2.24) is 5.32 Å². The first kappa shape index (κ1) is 15.7. The molecule has 0 aliphatic carbocycles. The van der Waals surface area contributed by atoms with Gasteiger partial charge in [-0.1, -0.05) is 0 Å². The summed E-state index contributed by atoms with van der Waals surface area (Å²) in [5.74, 6) is -0.245. The van der Waals surface area contributed by atoms with Gasteiger partial charge in [0.25, 0.3) is 5.91 Å². The number of rotatable bonds is 4. The third-order valence-corrected chi connectivity index (χ3v) is 7.05. The average Bonchev–Trinajstić information content (AvgIpc) is 2.54. The van der Waals surface area contributed by atoms with Crippen LogP contribution in [0, 0.1) is 6.92 Å². The normalized spacial score (nSPS) is 12.5. The lowest BCUT2D eigenvalue weighted by Crippen LogP contribution is -2.43. The van der Waals surface area contributed by atoms with Gasteiger partial charge in [-0.3, -0.25) is 4.79 Å². The molecule has 1 N–H and O–H groups in total. The van der Waals surface area contributed by atoms with Crippen LogP contribution in [0.5, 0.6) is 0 Å². The van der Waals surface area contributed by atoms with Crippen molar-refractivity contribution in [2.45, 2.75) is 25.5 Å². The molecule has 0 bridgehead atoms. The Hall–Kier alpha value is -0.400. The fourth-order valence-corrected chi connectivity index (χ4v) is 2.87. The zero-order chi connectivity index (χ0) is 14.1. The van der Waals surface area contributed by atoms with Crippen molar-refractivity contribution in [3.63, 3.8) is 0 Å². The molecule has 0 aliphatic heterocycles. The topological polar surface area (TPSA) is 63.2 Å². The summed E-state index contributed by atoms with van der Waals surface area (Å²) in [5, 5.41) is 2.66. The van der Waals surface area contributed by atoms with Crippen molar-refractivity contribution >= 4 is 43.0 Å². The lowest BCUT2D eigenvalue weighted by molar-refractivity contribution is 0.0954. The molecule has 1 aromatic rings. The van der Waals surface area contributed by atoms with Gasteiger partial charge in [0.1, 0.15) is 0 Å². The summed E-state index contributed by atoms with van der Waals surface area (Å²) >= 11 is 4.69. The Morgan fingerprint density at radius 2 is 2.06 bits per heavy atom. The number of sulfone groups is 1. The third-order valence-electron chi connectivity index (χ3n) is 2.76. The number of hydrogen-bond donors (Lipinski definition) is 1. The smallest absolute Gasteiger partial charge is 0.261 e. The highest BCUT2D eigenvalue weighted by Crippen LogP contribution is 2.27. The van der Waals surface area contributed by atoms with Crippen LogP contribution in [-0.4, -0.2) is 31.9 Å². The monoisotopic (exact) mass is 353 g/mol. The van der Waals surface area contributed by atoms with E-state index in [0.29, 0.717) is 4.88 Å². The lowest BCUT2D eigenvalue weighted by Gasteiger charge is -2.22. The van der Waals surface area contributed by atoms with Gasteiger partial charge in [0.2, 0.25) is 0 Å². The molecule has 0 radical (unpaired) electrons. The minimum absolute atomic E-state index is 0.0965. The van der Waals surface area contributed by atoms with E-state index in [0.717, 1.165) is 9.35 Å². The maximum absolute atomic E-state index is 11.9. The largest absolute Gasteiger partial charge is 0.350 e. The van der Waals surface area contributed by atoms with Crippen LogP contribution < -0.4 is 5.32 Å². The minimum atomic E-state index is -3.20. The SMILES string of the molecule is Cc1cc(C(=O)NCC(C)(C)S(C)(=O)=O)sc1Br. The highest BCUT2D eigenvalue weighted by Gasteiger charge is 2.30. The molecule has 1 amide bonds. The quantitative estimate of drug-likeness (QED) is 0.903. The molecule has 1 rings (SSSR count). The Bertz CT molecular complexity index is 541. The number of carbonyl (C=O) groups is 1. The molecule has 0 fully saturated rings. The summed E-state index contributed by atoms with van der Waals surface area (Å²) in [4.78, 5) is 12.4. The molecule has 0 saturated heterocycles. The van der Waals surface area contributed by atoms with E-state index in [1.165, 1.54) is 17.6 Å². The highest BCUT2D eigenvalue weighted by molar-refractivity contribution is 9.11. The molecule has 7 heteroatoms. The highest BCUT2D eigenvalue weighted by atomic mass is 79.9. The molecular formula is C11H16BrNO3S2. The van der Waals surface area contributed by atoms with Crippen molar-refractivity contribution in [2.24, 2.45) is 0 Å². The molecule has 1 heterocycles. The van der Waals surface area contributed by atoms with Crippen molar-refractivity contribution in [3.05, 3.63) is 20.3 Å². The summed E-state index contributed by atoms with van der Waals surface area (Å²) in [7, 11) is -3.20. The lowest BCUT2D eigenvalue weighted by atomic mass is 10.2. The first-order valence-corrected chi connectivity index (χ1v) is 8.78. The number of hydrogen-bond acceptors (Lipinski definition) is 4. The Kier molecular flexibility index (Phi) is 4.61. The van der Waals surface area contributed by atoms with Crippen molar-refractivity contribution in [3.8, 4) is 0 Å². The molecule has 4 nitrogen and oxygen atoms in total. The van der Waals surface area contributed by atoms with Gasteiger partial charge in [0.15, 0.2) is 9.84 Å². The number of aryl methyl sites for hydroxylation is 1. The molecular weight excluding hydrogens is 338 g/mol. The number of carbonyl (C=O) groups excluding carboxylic acids is 1. The zero-order valence-electron chi connectivity index (χ0n) is 10.7. The van der Waals surface area contributed by atoms with Crippen molar-refractivity contribution < 1.29 is 13.2 Å². The van der Waals surface area contributed by atoms with Gasteiger partial charge in [0, 0.05) is 12.8 Å². The molecule has 0 unspecified atom stereocenters. The molecule has 102 valence electrons. The molecule has 1 aromatic heterocycles. The van der Waals surface area contributed by atoms with Crippen molar-refractivity contribution in [1.29, 1.82) is 0 Å². The van der Waals surface area contributed by atoms with E-state index >= 15 is 0 Å². The van der Waals surface area contributed by atoms with Crippen LogP contribution in [0.3, 0.4) is 0 Å². The zero-order valence-corrected chi connectivity index (χ0v) is 13.9. The van der Waals surface area contributed by atoms with E-state index in [2.05, 4.69) is 21.2 Å². The van der Waals surface area contributed by atoms with E-state index in [-0.39, 0.29) is 12.5 Å². The number of nitrogens with one attached hydrogen (secondary N) is 1. The number of amides is 1. The Morgan fingerprint density at radius 3 is 2.44 bits per heavy atom. The number of thiophene rings is 1. The summed E-state index contributed by atoms with van der Waals surface area (Å²) in [6.45, 7) is 5.19. The van der Waals surface area contributed by atoms with Crippen LogP contribution in [0.25, 0.3) is 0 Å². The molecule has 0 atom stereocenters. The van der Waals surface area contributed by atoms with Crippen LogP contribution in [0.2, 0.25) is 0 Å². The van der Waals surface area contributed by atoms with E-state index in [1.54, 1.807) is 19.9 Å². The second-order valence-corrected chi connectivity index (χ2v) is 9.80. The summed E-state index contributed by atoms with van der Waals surface area (Å²) in [6, 6.07) is 1.78. The first-order valence-electron chi connectivity index (χ1n) is 5.28. The van der Waals surface area contributed by atoms with E-state index in [4.69, 9.17) is 0 Å². The van der Waals surface area contributed by atoms with Gasteiger partial charge in [-0.05, 0) is 48.3 Å². The second kappa shape index (κ2) is 5.30. The van der Waals surface area contributed by atoms with Gasteiger partial charge >= 0.3 is 0 Å². The predicted molar refractivity (Wildman–Crippen MR) is 78.0 cm³/mol. The van der Waals surface area contributed by atoms with Crippen LogP contribution in [0.4, 0.5) is 0 Å². The Labute approximate surface area is 120 Å². The summed E-state index contributed by atoms with van der Waals surface area (Å²) in [6.07, 6.45) is 1.17. The van der Waals surface area contributed by atoms with Crippen LogP contribution >= 0.6 is 27.3 Å². The standard InChI is InChI=1S/C11H16BrNO3S2/c1-7-5-8(17-9(7)12)10(14)13-6-11(2,3)18(4,15)16/h5H,6H2,1-4H3,(H,13,14). The van der Waals surface area contributed by atoms with E-state index < -0.39 is 14.6 Å². The van der Waals surface area contributed by atoms with Gasteiger partial charge in [-0.15, -0.1) is 11.3 Å². The summed E-state index contributed by atoms with van der Waals surface area (Å²) in [5.41, 5.74) is 0.993. The average molecular weight is 354 g/mol. The Balaban J connectivity index is 2.73. The fourth-order valence-electron chi connectivity index (χ4n) is 1.08. The molecule has 18 heavy (non-hydrogen) atoms. The second-order valence-electron chi connectivity index (χ2n) is 4.78. The van der Waals surface area contributed by atoms with E-state index in [1.807, 2.05) is 6.92 Å². The first-order chi connectivity index (χ1) is 8.04. The van der Waals surface area contributed by atoms with Gasteiger partial charge in [-0.25, -0.2) is 8.42 Å². The van der Waals surface area contributed by atoms with Crippen molar-refractivity contribution in [2.75, 3.05) is 12.8 Å². The predicted octanol–water partition coefficient (Wildman–Crippen LogP) is 2.37. The Morgan fingerprint density at radius 1 is 1.50 bits per heavy atom. The molecule has 0 saturated carbocycles.